The third-order valence-corrected chi connectivity index (χ3v) is 6.83. The van der Waals surface area contributed by atoms with Gasteiger partial charge < -0.3 is 25.9 Å². The molecule has 0 aromatic carbocycles. The van der Waals surface area contributed by atoms with Gasteiger partial charge in [0.1, 0.15) is 11.4 Å². The summed E-state index contributed by atoms with van der Waals surface area (Å²) >= 11 is 0. The predicted octanol–water partition coefficient (Wildman–Crippen LogP) is 3.08. The van der Waals surface area contributed by atoms with Crippen LogP contribution in [0.15, 0.2) is 46.4 Å². The van der Waals surface area contributed by atoms with Crippen molar-refractivity contribution in [3.05, 3.63) is 58.3 Å². The highest BCUT2D eigenvalue weighted by atomic mass is 19.4. The maximum absolute atomic E-state index is 14.0. The Morgan fingerprint density at radius 2 is 1.97 bits per heavy atom. The van der Waals surface area contributed by atoms with E-state index >= 15 is 0 Å². The van der Waals surface area contributed by atoms with E-state index in [2.05, 4.69) is 20.3 Å². The highest BCUT2D eigenvalue weighted by Gasteiger charge is 2.60. The van der Waals surface area contributed by atoms with E-state index in [1.165, 1.54) is 30.6 Å². The number of amidine groups is 1. The normalized spacial score (nSPS) is 25.6. The average Bonchev–Trinajstić information content (AvgIpc) is 2.84. The van der Waals surface area contributed by atoms with Crippen LogP contribution in [0.2, 0.25) is 0 Å². The van der Waals surface area contributed by atoms with E-state index in [0.29, 0.717) is 31.7 Å². The molecule has 1 aliphatic carbocycles. The molecule has 2 fully saturated rings. The number of rotatable bonds is 6. The van der Waals surface area contributed by atoms with Crippen molar-refractivity contribution in [2.24, 2.45) is 16.6 Å². The van der Waals surface area contributed by atoms with Crippen molar-refractivity contribution in [1.82, 2.24) is 9.97 Å². The van der Waals surface area contributed by atoms with Crippen LogP contribution in [0.5, 0.6) is 0 Å². The molecule has 35 heavy (non-hydrogen) atoms. The number of alkyl halides is 3. The van der Waals surface area contributed by atoms with Crippen LogP contribution in [-0.4, -0.2) is 52.4 Å². The van der Waals surface area contributed by atoms with Crippen molar-refractivity contribution >= 4 is 11.5 Å². The van der Waals surface area contributed by atoms with Gasteiger partial charge in [0, 0.05) is 31.0 Å². The molecule has 0 radical (unpaired) electrons. The summed E-state index contributed by atoms with van der Waals surface area (Å²) < 4.78 is 47.5. The fraction of sp³-hybridized carbons (Fsp3) is 0.542. The van der Waals surface area contributed by atoms with E-state index in [9.17, 15) is 23.1 Å². The molecular weight excluding hydrogens is 463 g/mol. The summed E-state index contributed by atoms with van der Waals surface area (Å²) in [5.41, 5.74) is 3.14. The first-order chi connectivity index (χ1) is 16.7. The molecule has 190 valence electrons. The molecule has 2 aliphatic rings. The van der Waals surface area contributed by atoms with Crippen molar-refractivity contribution in [3.8, 4) is 0 Å². The zero-order chi connectivity index (χ0) is 25.1. The Kier molecular flexibility index (Phi) is 7.46. The molecule has 2 aromatic heterocycles. The number of aliphatic imine (C=N–C) groups is 1. The lowest BCUT2D eigenvalue weighted by atomic mass is 9.73. The van der Waals surface area contributed by atoms with Gasteiger partial charge in [0.05, 0.1) is 24.0 Å². The third kappa shape index (κ3) is 5.35. The number of nitrogens with two attached hydrogens (primary N) is 1. The number of hydrogen-bond donors (Lipinski definition) is 4. The summed E-state index contributed by atoms with van der Waals surface area (Å²) in [6, 6.07) is 5.52. The van der Waals surface area contributed by atoms with E-state index in [1.54, 1.807) is 6.07 Å². The second kappa shape index (κ2) is 10.4. The van der Waals surface area contributed by atoms with Crippen molar-refractivity contribution in [2.75, 3.05) is 18.5 Å². The lowest BCUT2D eigenvalue weighted by molar-refractivity contribution is -0.291. The minimum atomic E-state index is -4.87. The Balaban J connectivity index is 1.50. The highest BCUT2D eigenvalue weighted by Crippen LogP contribution is 2.49. The molecule has 8 nitrogen and oxygen atoms in total. The molecule has 2 aromatic rings. The Morgan fingerprint density at radius 3 is 2.60 bits per heavy atom. The molecule has 1 saturated carbocycles. The molecule has 5 N–H and O–H groups in total. The first kappa shape index (κ1) is 25.2. The molecular formula is C24H30F3N5O3. The molecule has 4 rings (SSSR count). The molecule has 11 heteroatoms. The Hall–Kier alpha value is -2.92. The number of aliphatic hydroxyl groups is 1. The molecule has 0 spiro atoms. The lowest BCUT2D eigenvalue weighted by Gasteiger charge is -2.40. The van der Waals surface area contributed by atoms with E-state index < -0.39 is 28.9 Å². The SMILES string of the molecule is NC(=NC1CCC(C(O)(c2ccccn2)C(F)(F)F)CC1)c1c(NC2CCCOC2)cc[nH]c1=O. The Bertz CT molecular complexity index is 1080. The smallest absolute Gasteiger partial charge is 0.383 e. The van der Waals surface area contributed by atoms with Crippen LogP contribution in [-0.2, 0) is 10.3 Å². The van der Waals surface area contributed by atoms with E-state index in [0.717, 1.165) is 12.8 Å². The number of nitrogens with one attached hydrogen (secondary N) is 2. The average molecular weight is 494 g/mol. The molecule has 3 heterocycles. The van der Waals surface area contributed by atoms with Crippen LogP contribution in [0.1, 0.15) is 49.8 Å². The van der Waals surface area contributed by atoms with Gasteiger partial charge in [-0.05, 0) is 56.7 Å². The van der Waals surface area contributed by atoms with Crippen molar-refractivity contribution in [3.63, 3.8) is 0 Å². The molecule has 1 aliphatic heterocycles. The van der Waals surface area contributed by atoms with Gasteiger partial charge in [0.15, 0.2) is 0 Å². The third-order valence-electron chi connectivity index (χ3n) is 6.83. The standard InChI is InChI=1S/C24H30F3N5O3/c25-24(26,27)23(34,19-5-1-2-11-29-19)15-6-8-16(9-7-15)32-21(28)20-18(10-12-30-22(20)33)31-17-4-3-13-35-14-17/h1-2,5,10-12,15-17,34H,3-4,6-9,13-14H2,(H2,28,32)(H2,30,31,33). The minimum absolute atomic E-state index is 0.0327. The van der Waals surface area contributed by atoms with E-state index in [4.69, 9.17) is 10.5 Å². The van der Waals surface area contributed by atoms with Gasteiger partial charge in [-0.1, -0.05) is 6.07 Å². The van der Waals surface area contributed by atoms with Crippen LogP contribution < -0.4 is 16.6 Å². The summed E-state index contributed by atoms with van der Waals surface area (Å²) in [7, 11) is 0. The highest BCUT2D eigenvalue weighted by molar-refractivity contribution is 6.02. The number of ether oxygens (including phenoxy) is 1. The first-order valence-electron chi connectivity index (χ1n) is 11.8. The second-order valence-electron chi connectivity index (χ2n) is 9.15. The quantitative estimate of drug-likeness (QED) is 0.362. The van der Waals surface area contributed by atoms with Crippen molar-refractivity contribution in [1.29, 1.82) is 0 Å². The number of H-pyrrole nitrogens is 1. The number of aromatic nitrogens is 2. The lowest BCUT2D eigenvalue weighted by Crippen LogP contribution is -2.50. The Labute approximate surface area is 200 Å². The zero-order valence-electron chi connectivity index (χ0n) is 19.2. The topological polar surface area (TPSA) is 126 Å². The summed E-state index contributed by atoms with van der Waals surface area (Å²) in [6.07, 6.45) is 0.449. The molecule has 1 saturated heterocycles. The van der Waals surface area contributed by atoms with E-state index in [-0.39, 0.29) is 36.3 Å². The summed E-state index contributed by atoms with van der Waals surface area (Å²) in [5.74, 6) is -1.03. The summed E-state index contributed by atoms with van der Waals surface area (Å²) in [4.78, 5) is 23.5. The number of anilines is 1. The van der Waals surface area contributed by atoms with Crippen molar-refractivity contribution in [2.45, 2.75) is 62.4 Å². The number of hydrogen-bond acceptors (Lipinski definition) is 6. The maximum Gasteiger partial charge on any atom is 0.423 e. The van der Waals surface area contributed by atoms with Crippen LogP contribution in [0.4, 0.5) is 18.9 Å². The molecule has 0 bridgehead atoms. The van der Waals surface area contributed by atoms with Crippen LogP contribution in [0, 0.1) is 5.92 Å². The number of nitrogens with zero attached hydrogens (tertiary/aromatic N) is 2. The molecule has 2 atom stereocenters. The van der Waals surface area contributed by atoms with Crippen LogP contribution >= 0.6 is 0 Å². The van der Waals surface area contributed by atoms with Gasteiger partial charge in [-0.3, -0.25) is 14.8 Å². The number of halogens is 3. The monoisotopic (exact) mass is 493 g/mol. The van der Waals surface area contributed by atoms with Crippen LogP contribution in [0.3, 0.4) is 0 Å². The number of pyridine rings is 2. The summed E-state index contributed by atoms with van der Waals surface area (Å²) in [6.45, 7) is 1.22. The molecule has 0 amide bonds. The van der Waals surface area contributed by atoms with Gasteiger partial charge in [0.25, 0.3) is 5.56 Å². The van der Waals surface area contributed by atoms with Gasteiger partial charge in [-0.25, -0.2) is 0 Å². The van der Waals surface area contributed by atoms with E-state index in [1.807, 2.05) is 0 Å². The summed E-state index contributed by atoms with van der Waals surface area (Å²) in [5, 5.41) is 14.1. The Morgan fingerprint density at radius 1 is 1.20 bits per heavy atom. The van der Waals surface area contributed by atoms with Gasteiger partial charge >= 0.3 is 6.18 Å². The van der Waals surface area contributed by atoms with Gasteiger partial charge in [0.2, 0.25) is 5.60 Å². The fourth-order valence-corrected chi connectivity index (χ4v) is 4.99. The fourth-order valence-electron chi connectivity index (χ4n) is 4.99. The van der Waals surface area contributed by atoms with Gasteiger partial charge in [-0.2, -0.15) is 13.2 Å². The largest absolute Gasteiger partial charge is 0.423 e. The van der Waals surface area contributed by atoms with Crippen molar-refractivity contribution < 1.29 is 23.0 Å². The second-order valence-corrected chi connectivity index (χ2v) is 9.15. The van der Waals surface area contributed by atoms with Gasteiger partial charge in [-0.15, -0.1) is 0 Å². The predicted molar refractivity (Wildman–Crippen MR) is 125 cm³/mol. The zero-order valence-corrected chi connectivity index (χ0v) is 19.2. The molecule has 2 unspecified atom stereocenters. The first-order valence-corrected chi connectivity index (χ1v) is 11.8. The maximum atomic E-state index is 14.0. The van der Waals surface area contributed by atoms with Crippen LogP contribution in [0.25, 0.3) is 0 Å². The number of aromatic amines is 1. The minimum Gasteiger partial charge on any atom is -0.383 e.